The van der Waals surface area contributed by atoms with Crippen LogP contribution >= 0.6 is 0 Å². The van der Waals surface area contributed by atoms with Crippen LogP contribution in [0.2, 0.25) is 0 Å². The lowest BCUT2D eigenvalue weighted by atomic mass is 10.1. The first-order chi connectivity index (χ1) is 8.40. The Bertz CT molecular complexity index is 528. The van der Waals surface area contributed by atoms with E-state index >= 15 is 0 Å². The number of aromatic nitrogens is 2. The molecule has 1 aromatic carbocycles. The number of imidazole rings is 1. The number of rotatable bonds is 3. The van der Waals surface area contributed by atoms with E-state index in [1.54, 1.807) is 0 Å². The van der Waals surface area contributed by atoms with Crippen molar-refractivity contribution in [1.29, 1.82) is 0 Å². The van der Waals surface area contributed by atoms with Gasteiger partial charge in [-0.2, -0.15) is 0 Å². The van der Waals surface area contributed by atoms with Crippen molar-refractivity contribution >= 4 is 5.69 Å². The van der Waals surface area contributed by atoms with Gasteiger partial charge in [0.15, 0.2) is 0 Å². The number of benzene rings is 1. The maximum atomic E-state index is 4.28. The van der Waals surface area contributed by atoms with Gasteiger partial charge < -0.3 is 9.88 Å². The van der Waals surface area contributed by atoms with Crippen LogP contribution < -0.4 is 5.32 Å². The Morgan fingerprint density at radius 2 is 2.35 bits per heavy atom. The number of anilines is 1. The molecule has 2 heterocycles. The van der Waals surface area contributed by atoms with Gasteiger partial charge in [-0.1, -0.05) is 25.1 Å². The van der Waals surface area contributed by atoms with Gasteiger partial charge in [-0.15, -0.1) is 0 Å². The molecular formula is C14H17N3. The minimum Gasteiger partial charge on any atom is -0.384 e. The van der Waals surface area contributed by atoms with Crippen LogP contribution in [-0.2, 0) is 13.0 Å². The lowest BCUT2D eigenvalue weighted by Gasteiger charge is -2.11. The van der Waals surface area contributed by atoms with Crippen LogP contribution in [0.25, 0.3) is 11.3 Å². The van der Waals surface area contributed by atoms with Crippen LogP contribution in [0.3, 0.4) is 0 Å². The van der Waals surface area contributed by atoms with Gasteiger partial charge in [0, 0.05) is 24.3 Å². The van der Waals surface area contributed by atoms with Gasteiger partial charge in [0.05, 0.1) is 18.2 Å². The Labute approximate surface area is 101 Å². The minimum absolute atomic E-state index is 1.03. The number of fused-ring (bicyclic) bond motifs is 1. The van der Waals surface area contributed by atoms with Crippen molar-refractivity contribution in [1.82, 2.24) is 9.55 Å². The quantitative estimate of drug-likeness (QED) is 0.873. The zero-order valence-electron chi connectivity index (χ0n) is 10.1. The molecule has 0 spiro atoms. The molecular weight excluding hydrogens is 210 g/mol. The van der Waals surface area contributed by atoms with E-state index in [4.69, 9.17) is 0 Å². The van der Waals surface area contributed by atoms with Crippen LogP contribution in [-0.4, -0.2) is 16.1 Å². The highest BCUT2D eigenvalue weighted by Crippen LogP contribution is 2.34. The van der Waals surface area contributed by atoms with Crippen molar-refractivity contribution in [3.05, 3.63) is 36.3 Å². The first kappa shape index (κ1) is 10.4. The lowest BCUT2D eigenvalue weighted by molar-refractivity contribution is 0.684. The number of nitrogens with zero attached hydrogens (tertiary/aromatic N) is 2. The van der Waals surface area contributed by atoms with Crippen molar-refractivity contribution in [3.63, 3.8) is 0 Å². The normalized spacial score (nSPS) is 13.5. The molecule has 0 radical (unpaired) electrons. The topological polar surface area (TPSA) is 29.9 Å². The van der Waals surface area contributed by atoms with Gasteiger partial charge in [0.2, 0.25) is 0 Å². The maximum Gasteiger partial charge on any atom is 0.0950 e. The summed E-state index contributed by atoms with van der Waals surface area (Å²) >= 11 is 0. The molecule has 1 aromatic heterocycles. The van der Waals surface area contributed by atoms with Crippen molar-refractivity contribution in [2.45, 2.75) is 26.3 Å². The molecule has 0 bridgehead atoms. The first-order valence-corrected chi connectivity index (χ1v) is 6.26. The standard InChI is InChI=1S/C14H17N3/c1-2-8-17-10-15-9-13(17)12-5-3-4-11-6-7-16-14(11)12/h3-5,9-10,16H,2,6-8H2,1H3. The van der Waals surface area contributed by atoms with Crippen molar-refractivity contribution < 1.29 is 0 Å². The molecule has 0 saturated carbocycles. The molecule has 0 atom stereocenters. The molecule has 0 aliphatic carbocycles. The van der Waals surface area contributed by atoms with Gasteiger partial charge in [0.1, 0.15) is 0 Å². The van der Waals surface area contributed by atoms with Gasteiger partial charge in [-0.3, -0.25) is 0 Å². The minimum atomic E-state index is 1.03. The van der Waals surface area contributed by atoms with E-state index in [0.29, 0.717) is 0 Å². The molecule has 0 fully saturated rings. The molecule has 3 rings (SSSR count). The fourth-order valence-corrected chi connectivity index (χ4v) is 2.52. The van der Waals surface area contributed by atoms with E-state index in [9.17, 15) is 0 Å². The average Bonchev–Trinajstić information content (AvgIpc) is 2.96. The molecule has 1 aliphatic heterocycles. The summed E-state index contributed by atoms with van der Waals surface area (Å²) in [6.45, 7) is 4.27. The maximum absolute atomic E-state index is 4.28. The predicted molar refractivity (Wildman–Crippen MR) is 70.1 cm³/mol. The smallest absolute Gasteiger partial charge is 0.0950 e. The van der Waals surface area contributed by atoms with E-state index in [2.05, 4.69) is 40.0 Å². The largest absolute Gasteiger partial charge is 0.384 e. The van der Waals surface area contributed by atoms with Crippen LogP contribution in [0, 0.1) is 0 Å². The fraction of sp³-hybridized carbons (Fsp3) is 0.357. The van der Waals surface area contributed by atoms with Crippen LogP contribution in [0.4, 0.5) is 5.69 Å². The Kier molecular flexibility index (Phi) is 2.59. The molecule has 2 aromatic rings. The van der Waals surface area contributed by atoms with E-state index in [1.807, 2.05) is 12.5 Å². The monoisotopic (exact) mass is 227 g/mol. The van der Waals surface area contributed by atoms with E-state index in [0.717, 1.165) is 25.9 Å². The van der Waals surface area contributed by atoms with Crippen molar-refractivity contribution in [3.8, 4) is 11.3 Å². The summed E-state index contributed by atoms with van der Waals surface area (Å²) in [5.41, 5.74) is 5.22. The second kappa shape index (κ2) is 4.24. The SMILES string of the molecule is CCCn1cncc1-c1cccc2c1NCC2. The average molecular weight is 227 g/mol. The van der Waals surface area contributed by atoms with Gasteiger partial charge in [0.25, 0.3) is 0 Å². The highest BCUT2D eigenvalue weighted by molar-refractivity contribution is 5.79. The van der Waals surface area contributed by atoms with E-state index < -0.39 is 0 Å². The van der Waals surface area contributed by atoms with E-state index in [-0.39, 0.29) is 0 Å². The Balaban J connectivity index is 2.09. The fourth-order valence-electron chi connectivity index (χ4n) is 2.52. The third-order valence-electron chi connectivity index (χ3n) is 3.30. The highest BCUT2D eigenvalue weighted by atomic mass is 15.0. The number of hydrogen-bond acceptors (Lipinski definition) is 2. The van der Waals surface area contributed by atoms with Crippen molar-refractivity contribution in [2.75, 3.05) is 11.9 Å². The molecule has 17 heavy (non-hydrogen) atoms. The second-order valence-electron chi connectivity index (χ2n) is 4.49. The van der Waals surface area contributed by atoms with Gasteiger partial charge >= 0.3 is 0 Å². The highest BCUT2D eigenvalue weighted by Gasteiger charge is 2.16. The molecule has 0 unspecified atom stereocenters. The predicted octanol–water partition coefficient (Wildman–Crippen LogP) is 2.93. The third-order valence-corrected chi connectivity index (χ3v) is 3.30. The summed E-state index contributed by atoms with van der Waals surface area (Å²) in [4.78, 5) is 4.28. The lowest BCUT2D eigenvalue weighted by Crippen LogP contribution is -1.99. The number of aryl methyl sites for hydroxylation is 1. The summed E-state index contributed by atoms with van der Waals surface area (Å²) in [6, 6.07) is 6.53. The number of nitrogens with one attached hydrogen (secondary N) is 1. The molecule has 1 N–H and O–H groups in total. The summed E-state index contributed by atoms with van der Waals surface area (Å²) in [7, 11) is 0. The Hall–Kier alpha value is -1.77. The van der Waals surface area contributed by atoms with E-state index in [1.165, 1.54) is 22.5 Å². The number of hydrogen-bond donors (Lipinski definition) is 1. The molecule has 3 heteroatoms. The Morgan fingerprint density at radius 3 is 3.24 bits per heavy atom. The zero-order chi connectivity index (χ0) is 11.7. The summed E-state index contributed by atoms with van der Waals surface area (Å²) in [5.74, 6) is 0. The first-order valence-electron chi connectivity index (χ1n) is 6.26. The van der Waals surface area contributed by atoms with Gasteiger partial charge in [-0.05, 0) is 18.4 Å². The van der Waals surface area contributed by atoms with Crippen LogP contribution in [0.1, 0.15) is 18.9 Å². The summed E-state index contributed by atoms with van der Waals surface area (Å²) in [6.07, 6.45) is 6.15. The summed E-state index contributed by atoms with van der Waals surface area (Å²) < 4.78 is 2.23. The van der Waals surface area contributed by atoms with Gasteiger partial charge in [-0.25, -0.2) is 4.98 Å². The molecule has 3 nitrogen and oxygen atoms in total. The molecule has 1 aliphatic rings. The third kappa shape index (κ3) is 1.71. The van der Waals surface area contributed by atoms with Crippen LogP contribution in [0.5, 0.6) is 0 Å². The summed E-state index contributed by atoms with van der Waals surface area (Å²) in [5, 5.41) is 3.49. The Morgan fingerprint density at radius 1 is 1.41 bits per heavy atom. The van der Waals surface area contributed by atoms with Crippen molar-refractivity contribution in [2.24, 2.45) is 0 Å². The molecule has 0 amide bonds. The van der Waals surface area contributed by atoms with Crippen LogP contribution in [0.15, 0.2) is 30.7 Å². The second-order valence-corrected chi connectivity index (χ2v) is 4.49. The number of para-hydroxylation sites is 1. The molecule has 88 valence electrons. The zero-order valence-corrected chi connectivity index (χ0v) is 10.1. The molecule has 0 saturated heterocycles.